The first-order chi connectivity index (χ1) is 15.2. The molecule has 0 amide bonds. The van der Waals surface area contributed by atoms with Gasteiger partial charge in [-0.05, 0) is 42.3 Å². The number of H-pyrrole nitrogens is 2. The van der Waals surface area contributed by atoms with Crippen molar-refractivity contribution in [1.82, 2.24) is 9.97 Å². The van der Waals surface area contributed by atoms with E-state index in [1.807, 2.05) is 61.8 Å². The topological polar surface area (TPSA) is 61.8 Å². The minimum atomic E-state index is -0.270. The summed E-state index contributed by atoms with van der Waals surface area (Å²) < 4.78 is 5.96. The number of fused-ring (bicyclic) bond motifs is 3. The van der Waals surface area contributed by atoms with Gasteiger partial charge in [0.15, 0.2) is 5.43 Å². The van der Waals surface area contributed by atoms with E-state index in [9.17, 15) is 4.79 Å². The maximum atomic E-state index is 13.7. The molecule has 0 aliphatic rings. The van der Waals surface area contributed by atoms with Crippen LogP contribution in [0.4, 0.5) is 0 Å². The van der Waals surface area contributed by atoms with Crippen LogP contribution in [-0.4, -0.2) is 9.97 Å². The molecule has 6 rings (SSSR count). The SMILES string of the molecule is Cc1ccc2occ(C(c3c[nH]c4ccccc34)c3c[nH]c4ccccc34)c(=O)c2c1. The predicted octanol–water partition coefficient (Wildman–Crippen LogP) is 6.24. The van der Waals surface area contributed by atoms with Crippen LogP contribution in [0.3, 0.4) is 0 Å². The summed E-state index contributed by atoms with van der Waals surface area (Å²) in [6.45, 7) is 1.99. The smallest absolute Gasteiger partial charge is 0.196 e. The van der Waals surface area contributed by atoms with Crippen molar-refractivity contribution in [1.29, 1.82) is 0 Å². The van der Waals surface area contributed by atoms with E-state index in [0.717, 1.165) is 38.5 Å². The summed E-state index contributed by atoms with van der Waals surface area (Å²) in [4.78, 5) is 20.4. The van der Waals surface area contributed by atoms with E-state index < -0.39 is 0 Å². The number of rotatable bonds is 3. The van der Waals surface area contributed by atoms with Gasteiger partial charge in [-0.3, -0.25) is 4.79 Å². The molecule has 0 aliphatic carbocycles. The molecule has 6 aromatic rings. The number of hydrogen-bond acceptors (Lipinski definition) is 2. The molecule has 2 N–H and O–H groups in total. The molecule has 0 atom stereocenters. The quantitative estimate of drug-likeness (QED) is 0.366. The maximum Gasteiger partial charge on any atom is 0.196 e. The van der Waals surface area contributed by atoms with Crippen LogP contribution in [-0.2, 0) is 0 Å². The van der Waals surface area contributed by atoms with Gasteiger partial charge >= 0.3 is 0 Å². The highest BCUT2D eigenvalue weighted by Gasteiger charge is 2.26. The van der Waals surface area contributed by atoms with E-state index in [1.165, 1.54) is 0 Å². The second kappa shape index (κ2) is 6.74. The molecule has 0 saturated heterocycles. The highest BCUT2D eigenvalue weighted by molar-refractivity contribution is 5.89. The van der Waals surface area contributed by atoms with Crippen molar-refractivity contribution in [2.75, 3.05) is 0 Å². The van der Waals surface area contributed by atoms with Crippen LogP contribution in [0.1, 0.15) is 28.2 Å². The van der Waals surface area contributed by atoms with Crippen LogP contribution in [0.2, 0.25) is 0 Å². The first kappa shape index (κ1) is 17.8. The van der Waals surface area contributed by atoms with Gasteiger partial charge in [0, 0.05) is 45.7 Å². The van der Waals surface area contributed by atoms with E-state index >= 15 is 0 Å². The second-order valence-electron chi connectivity index (χ2n) is 8.03. The zero-order chi connectivity index (χ0) is 20.9. The maximum absolute atomic E-state index is 13.7. The highest BCUT2D eigenvalue weighted by atomic mass is 16.3. The second-order valence-corrected chi connectivity index (χ2v) is 8.03. The third kappa shape index (κ3) is 2.72. The molecule has 0 spiro atoms. The van der Waals surface area contributed by atoms with Crippen LogP contribution in [0.15, 0.2) is 94.6 Å². The molecule has 0 radical (unpaired) electrons. The van der Waals surface area contributed by atoms with Crippen molar-refractivity contribution < 1.29 is 4.42 Å². The zero-order valence-electron chi connectivity index (χ0n) is 17.0. The summed E-state index contributed by atoms with van der Waals surface area (Å²) >= 11 is 0. The molecule has 4 heteroatoms. The normalized spacial score (nSPS) is 11.8. The first-order valence-corrected chi connectivity index (χ1v) is 10.3. The molecule has 3 heterocycles. The Morgan fingerprint density at radius 2 is 1.35 bits per heavy atom. The van der Waals surface area contributed by atoms with Crippen molar-refractivity contribution in [3.63, 3.8) is 0 Å². The molecule has 3 aromatic carbocycles. The number of aryl methyl sites for hydroxylation is 1. The van der Waals surface area contributed by atoms with Crippen molar-refractivity contribution in [3.8, 4) is 0 Å². The van der Waals surface area contributed by atoms with Crippen LogP contribution < -0.4 is 5.43 Å². The van der Waals surface area contributed by atoms with Crippen molar-refractivity contribution in [2.45, 2.75) is 12.8 Å². The average Bonchev–Trinajstić information content (AvgIpc) is 3.41. The zero-order valence-corrected chi connectivity index (χ0v) is 17.0. The molecule has 0 saturated carbocycles. The largest absolute Gasteiger partial charge is 0.464 e. The molecule has 0 fully saturated rings. The van der Waals surface area contributed by atoms with Gasteiger partial charge in [0.05, 0.1) is 11.6 Å². The molecule has 0 aliphatic heterocycles. The van der Waals surface area contributed by atoms with E-state index in [-0.39, 0.29) is 11.3 Å². The van der Waals surface area contributed by atoms with E-state index in [1.54, 1.807) is 6.26 Å². The van der Waals surface area contributed by atoms with Crippen molar-refractivity contribution in [2.24, 2.45) is 0 Å². The lowest BCUT2D eigenvalue weighted by molar-refractivity contribution is 0.591. The van der Waals surface area contributed by atoms with E-state index in [0.29, 0.717) is 16.5 Å². The van der Waals surface area contributed by atoms with Gasteiger partial charge in [0.25, 0.3) is 0 Å². The van der Waals surface area contributed by atoms with Gasteiger partial charge in [-0.1, -0.05) is 48.0 Å². The third-order valence-electron chi connectivity index (χ3n) is 6.13. The van der Waals surface area contributed by atoms with Crippen LogP contribution in [0, 0.1) is 6.92 Å². The number of benzene rings is 3. The lowest BCUT2D eigenvalue weighted by atomic mass is 9.85. The average molecular weight is 404 g/mol. The van der Waals surface area contributed by atoms with Crippen LogP contribution in [0.25, 0.3) is 32.8 Å². The summed E-state index contributed by atoms with van der Waals surface area (Å²) in [6, 6.07) is 22.1. The number of nitrogens with one attached hydrogen (secondary N) is 2. The van der Waals surface area contributed by atoms with E-state index in [2.05, 4.69) is 34.2 Å². The lowest BCUT2D eigenvalue weighted by Gasteiger charge is -2.17. The summed E-state index contributed by atoms with van der Waals surface area (Å²) in [5, 5.41) is 2.81. The monoisotopic (exact) mass is 404 g/mol. The molecule has 3 aromatic heterocycles. The Bertz CT molecular complexity index is 1560. The van der Waals surface area contributed by atoms with Crippen molar-refractivity contribution in [3.05, 3.63) is 118 Å². The van der Waals surface area contributed by atoms with Gasteiger partial charge in [0.2, 0.25) is 0 Å². The molecular formula is C27H20N2O2. The summed E-state index contributed by atoms with van der Waals surface area (Å²) in [5.41, 5.74) is 6.48. The fraction of sp³-hybridized carbons (Fsp3) is 0.0741. The standard InChI is InChI=1S/C27H20N2O2/c1-16-10-11-25-19(12-16)27(30)22(15-31-25)26(20-13-28-23-8-4-2-6-17(20)23)21-14-29-24-9-5-3-7-18(21)24/h2-15,26,28-29H,1H3. The van der Waals surface area contributed by atoms with Gasteiger partial charge in [0.1, 0.15) is 5.58 Å². The first-order valence-electron chi connectivity index (χ1n) is 10.3. The van der Waals surface area contributed by atoms with Gasteiger partial charge in [-0.25, -0.2) is 0 Å². The fourth-order valence-corrected chi connectivity index (χ4v) is 4.63. The molecule has 4 nitrogen and oxygen atoms in total. The van der Waals surface area contributed by atoms with Gasteiger partial charge in [-0.15, -0.1) is 0 Å². The number of hydrogen-bond donors (Lipinski definition) is 2. The number of aromatic nitrogens is 2. The highest BCUT2D eigenvalue weighted by Crippen LogP contribution is 2.38. The minimum absolute atomic E-state index is 0.00510. The summed E-state index contributed by atoms with van der Waals surface area (Å²) in [6.07, 6.45) is 5.65. The van der Waals surface area contributed by atoms with Gasteiger partial charge < -0.3 is 14.4 Å². The van der Waals surface area contributed by atoms with E-state index in [4.69, 9.17) is 4.42 Å². The number of aromatic amines is 2. The van der Waals surface area contributed by atoms with Gasteiger partial charge in [-0.2, -0.15) is 0 Å². The van der Waals surface area contributed by atoms with Crippen LogP contribution >= 0.6 is 0 Å². The van der Waals surface area contributed by atoms with Crippen LogP contribution in [0.5, 0.6) is 0 Å². The molecule has 0 bridgehead atoms. The molecule has 31 heavy (non-hydrogen) atoms. The third-order valence-corrected chi connectivity index (χ3v) is 6.13. The predicted molar refractivity (Wildman–Crippen MR) is 125 cm³/mol. The Hall–Kier alpha value is -4.05. The van der Waals surface area contributed by atoms with Crippen molar-refractivity contribution >= 4 is 32.8 Å². The number of para-hydroxylation sites is 2. The molecular weight excluding hydrogens is 384 g/mol. The Balaban J connectivity index is 1.70. The molecule has 0 unspecified atom stereocenters. The lowest BCUT2D eigenvalue weighted by Crippen LogP contribution is -2.15. The Morgan fingerprint density at radius 3 is 2.00 bits per heavy atom. The fourth-order valence-electron chi connectivity index (χ4n) is 4.63. The summed E-state index contributed by atoms with van der Waals surface area (Å²) in [7, 11) is 0. The molecule has 150 valence electrons. The minimum Gasteiger partial charge on any atom is -0.464 e. The summed E-state index contributed by atoms with van der Waals surface area (Å²) in [5.74, 6) is -0.270. The Morgan fingerprint density at radius 1 is 0.742 bits per heavy atom. The Kier molecular flexibility index (Phi) is 3.87. The Labute approximate surface area is 178 Å².